The summed E-state index contributed by atoms with van der Waals surface area (Å²) in [4.78, 5) is 18.8. The molecule has 0 aliphatic heterocycles. The highest BCUT2D eigenvalue weighted by molar-refractivity contribution is 5.39. The molecule has 0 saturated carbocycles. The third kappa shape index (κ3) is 2.97. The van der Waals surface area contributed by atoms with E-state index in [1.54, 1.807) is 30.3 Å². The summed E-state index contributed by atoms with van der Waals surface area (Å²) in [7, 11) is 1.75. The zero-order valence-corrected chi connectivity index (χ0v) is 11.0. The van der Waals surface area contributed by atoms with Crippen LogP contribution in [0.1, 0.15) is 6.92 Å². The van der Waals surface area contributed by atoms with Crippen LogP contribution in [-0.4, -0.2) is 56.4 Å². The van der Waals surface area contributed by atoms with Crippen LogP contribution in [0.25, 0.3) is 5.95 Å². The summed E-state index contributed by atoms with van der Waals surface area (Å²) >= 11 is 0. The zero-order chi connectivity index (χ0) is 13.7. The van der Waals surface area contributed by atoms with E-state index in [9.17, 15) is 0 Å². The first-order chi connectivity index (χ1) is 9.28. The average Bonchev–Trinajstić information content (AvgIpc) is 2.98. The van der Waals surface area contributed by atoms with Gasteiger partial charge in [0, 0.05) is 32.5 Å². The fraction of sp³-hybridized carbons (Fsp3) is 0.455. The molecule has 8 heteroatoms. The molecule has 2 aromatic rings. The van der Waals surface area contributed by atoms with E-state index in [2.05, 4.69) is 25.3 Å². The summed E-state index contributed by atoms with van der Waals surface area (Å²) in [5.74, 6) is 1.49. The molecule has 0 aliphatic rings. The van der Waals surface area contributed by atoms with E-state index in [0.29, 0.717) is 30.9 Å². The van der Waals surface area contributed by atoms with Crippen molar-refractivity contribution in [2.24, 2.45) is 0 Å². The first kappa shape index (κ1) is 13.2. The van der Waals surface area contributed by atoms with E-state index < -0.39 is 0 Å². The Labute approximate surface area is 111 Å². The van der Waals surface area contributed by atoms with Crippen LogP contribution in [0.3, 0.4) is 0 Å². The van der Waals surface area contributed by atoms with Crippen LogP contribution in [0, 0.1) is 0 Å². The quantitative estimate of drug-likeness (QED) is 0.753. The van der Waals surface area contributed by atoms with Crippen LogP contribution < -0.4 is 10.2 Å². The van der Waals surface area contributed by atoms with Crippen LogP contribution >= 0.6 is 0 Å². The highest BCUT2D eigenvalue weighted by Gasteiger charge is 2.12. The Bertz CT molecular complexity index is 514. The third-order valence-corrected chi connectivity index (χ3v) is 2.61. The van der Waals surface area contributed by atoms with E-state index in [0.717, 1.165) is 0 Å². The Hall–Kier alpha value is -2.22. The number of hydrogen-bond donors (Lipinski definition) is 2. The molecule has 0 aromatic carbocycles. The Morgan fingerprint density at radius 3 is 2.79 bits per heavy atom. The summed E-state index contributed by atoms with van der Waals surface area (Å²) in [6.45, 7) is 3.22. The van der Waals surface area contributed by atoms with Crippen molar-refractivity contribution >= 4 is 11.9 Å². The molecule has 102 valence electrons. The van der Waals surface area contributed by atoms with Crippen LogP contribution in [0.2, 0.25) is 0 Å². The first-order valence-corrected chi connectivity index (χ1v) is 6.06. The van der Waals surface area contributed by atoms with Gasteiger partial charge in [0.2, 0.25) is 17.8 Å². The molecule has 0 aliphatic carbocycles. The summed E-state index contributed by atoms with van der Waals surface area (Å²) in [6.07, 6.45) is 5.05. The molecular formula is C11H17N7O. The van der Waals surface area contributed by atoms with Gasteiger partial charge in [0.05, 0.1) is 6.61 Å². The van der Waals surface area contributed by atoms with Crippen molar-refractivity contribution in [1.29, 1.82) is 0 Å². The number of aliphatic hydroxyl groups is 1. The minimum absolute atomic E-state index is 0.0504. The Morgan fingerprint density at radius 1 is 1.37 bits per heavy atom. The number of aromatic nitrogens is 5. The average molecular weight is 263 g/mol. The standard InChI is InChI=1S/C11H17N7O/c1-3-17(6-7-19)10-14-9(12-2)15-11(16-10)18-5-4-13-8-18/h4-5,8,19H,3,6-7H2,1-2H3,(H,12,14,15,16). The molecule has 8 nitrogen and oxygen atoms in total. The molecule has 2 aromatic heterocycles. The lowest BCUT2D eigenvalue weighted by Crippen LogP contribution is -2.29. The number of likely N-dealkylation sites (N-methyl/N-ethyl adjacent to an activating group) is 1. The lowest BCUT2D eigenvalue weighted by Gasteiger charge is -2.20. The van der Waals surface area contributed by atoms with E-state index in [-0.39, 0.29) is 6.61 Å². The minimum Gasteiger partial charge on any atom is -0.395 e. The molecule has 0 fully saturated rings. The molecule has 0 atom stereocenters. The van der Waals surface area contributed by atoms with Gasteiger partial charge in [0.15, 0.2) is 0 Å². The number of anilines is 2. The van der Waals surface area contributed by atoms with Gasteiger partial charge in [-0.05, 0) is 6.92 Å². The third-order valence-electron chi connectivity index (χ3n) is 2.61. The van der Waals surface area contributed by atoms with Gasteiger partial charge in [-0.15, -0.1) is 0 Å². The minimum atomic E-state index is 0.0504. The van der Waals surface area contributed by atoms with Gasteiger partial charge in [0.25, 0.3) is 0 Å². The van der Waals surface area contributed by atoms with Crippen LogP contribution in [0.4, 0.5) is 11.9 Å². The number of nitrogens with one attached hydrogen (secondary N) is 1. The van der Waals surface area contributed by atoms with Crippen LogP contribution in [-0.2, 0) is 0 Å². The summed E-state index contributed by atoms with van der Waals surface area (Å²) < 4.78 is 1.71. The van der Waals surface area contributed by atoms with E-state index >= 15 is 0 Å². The normalized spacial score (nSPS) is 10.5. The maximum Gasteiger partial charge on any atom is 0.241 e. The largest absolute Gasteiger partial charge is 0.395 e. The molecule has 19 heavy (non-hydrogen) atoms. The van der Waals surface area contributed by atoms with Crippen molar-refractivity contribution in [3.63, 3.8) is 0 Å². The maximum absolute atomic E-state index is 9.07. The SMILES string of the molecule is CCN(CCO)c1nc(NC)nc(-n2ccnc2)n1. The highest BCUT2D eigenvalue weighted by atomic mass is 16.3. The number of rotatable bonds is 6. The van der Waals surface area contributed by atoms with Gasteiger partial charge in [-0.3, -0.25) is 4.57 Å². The molecule has 0 bridgehead atoms. The van der Waals surface area contributed by atoms with E-state index in [4.69, 9.17) is 5.11 Å². The van der Waals surface area contributed by atoms with Crippen molar-refractivity contribution in [3.05, 3.63) is 18.7 Å². The second-order valence-electron chi connectivity index (χ2n) is 3.78. The Balaban J connectivity index is 2.41. The van der Waals surface area contributed by atoms with Crippen LogP contribution in [0.15, 0.2) is 18.7 Å². The van der Waals surface area contributed by atoms with Crippen molar-refractivity contribution in [3.8, 4) is 5.95 Å². The van der Waals surface area contributed by atoms with E-state index in [1.165, 1.54) is 0 Å². The van der Waals surface area contributed by atoms with Gasteiger partial charge in [-0.2, -0.15) is 15.0 Å². The highest BCUT2D eigenvalue weighted by Crippen LogP contribution is 2.12. The molecule has 0 spiro atoms. The second kappa shape index (κ2) is 6.10. The molecule has 2 rings (SSSR count). The lowest BCUT2D eigenvalue weighted by molar-refractivity contribution is 0.301. The molecule has 2 N–H and O–H groups in total. The predicted molar refractivity (Wildman–Crippen MR) is 71.5 cm³/mol. The van der Waals surface area contributed by atoms with Gasteiger partial charge >= 0.3 is 0 Å². The molecule has 0 unspecified atom stereocenters. The Morgan fingerprint density at radius 2 is 2.21 bits per heavy atom. The maximum atomic E-state index is 9.07. The Kier molecular flexibility index (Phi) is 4.24. The topological polar surface area (TPSA) is 92.0 Å². The van der Waals surface area contributed by atoms with Gasteiger partial charge in [-0.1, -0.05) is 0 Å². The van der Waals surface area contributed by atoms with Gasteiger partial charge in [-0.25, -0.2) is 4.98 Å². The first-order valence-electron chi connectivity index (χ1n) is 6.06. The van der Waals surface area contributed by atoms with Crippen LogP contribution in [0.5, 0.6) is 0 Å². The smallest absolute Gasteiger partial charge is 0.241 e. The van der Waals surface area contributed by atoms with Crippen molar-refractivity contribution < 1.29 is 5.11 Å². The fourth-order valence-corrected chi connectivity index (χ4v) is 1.62. The molecule has 2 heterocycles. The lowest BCUT2D eigenvalue weighted by atomic mass is 10.5. The zero-order valence-electron chi connectivity index (χ0n) is 11.0. The second-order valence-corrected chi connectivity index (χ2v) is 3.78. The summed E-state index contributed by atoms with van der Waals surface area (Å²) in [6, 6.07) is 0. The van der Waals surface area contributed by atoms with Gasteiger partial charge in [0.1, 0.15) is 6.33 Å². The van der Waals surface area contributed by atoms with E-state index in [1.807, 2.05) is 11.8 Å². The molecular weight excluding hydrogens is 246 g/mol. The predicted octanol–water partition coefficient (Wildman–Crippen LogP) is -0.0824. The van der Waals surface area contributed by atoms with Crippen molar-refractivity contribution in [2.45, 2.75) is 6.92 Å². The van der Waals surface area contributed by atoms with Crippen molar-refractivity contribution in [2.75, 3.05) is 37.0 Å². The monoisotopic (exact) mass is 263 g/mol. The number of nitrogens with zero attached hydrogens (tertiary/aromatic N) is 6. The number of imidazole rings is 1. The fourth-order valence-electron chi connectivity index (χ4n) is 1.62. The summed E-state index contributed by atoms with van der Waals surface area (Å²) in [5.41, 5.74) is 0. The molecule has 0 saturated heterocycles. The molecule has 0 radical (unpaired) electrons. The summed E-state index contributed by atoms with van der Waals surface area (Å²) in [5, 5.41) is 12.0. The van der Waals surface area contributed by atoms with Crippen molar-refractivity contribution in [1.82, 2.24) is 24.5 Å². The number of aliphatic hydroxyl groups excluding tert-OH is 1. The molecule has 0 amide bonds. The number of hydrogen-bond acceptors (Lipinski definition) is 7. The van der Waals surface area contributed by atoms with Gasteiger partial charge < -0.3 is 15.3 Å².